The Labute approximate surface area is 156 Å². The fourth-order valence-corrected chi connectivity index (χ4v) is 2.49. The molecule has 0 saturated carbocycles. The second-order valence-electron chi connectivity index (χ2n) is 7.33. The van der Waals surface area contributed by atoms with Crippen molar-refractivity contribution >= 4 is 5.91 Å². The van der Waals surface area contributed by atoms with Crippen LogP contribution in [0.2, 0.25) is 0 Å². The van der Waals surface area contributed by atoms with Gasteiger partial charge in [-0.2, -0.15) is 0 Å². The molecular formula is C22H29NO3. The molecular weight excluding hydrogens is 326 g/mol. The van der Waals surface area contributed by atoms with Gasteiger partial charge in [-0.15, -0.1) is 0 Å². The molecule has 0 aliphatic carbocycles. The average molecular weight is 355 g/mol. The topological polar surface area (TPSA) is 47.6 Å². The third-order valence-electron chi connectivity index (χ3n) is 4.10. The van der Waals surface area contributed by atoms with Crippen LogP contribution in [0.5, 0.6) is 11.5 Å². The average Bonchev–Trinajstić information content (AvgIpc) is 2.60. The monoisotopic (exact) mass is 355 g/mol. The molecule has 0 aliphatic heterocycles. The summed E-state index contributed by atoms with van der Waals surface area (Å²) in [4.78, 5) is 12.3. The van der Waals surface area contributed by atoms with Gasteiger partial charge in [-0.3, -0.25) is 4.79 Å². The van der Waals surface area contributed by atoms with Gasteiger partial charge in [0.2, 0.25) is 0 Å². The van der Waals surface area contributed by atoms with Crippen LogP contribution in [0.1, 0.15) is 45.7 Å². The molecule has 26 heavy (non-hydrogen) atoms. The van der Waals surface area contributed by atoms with E-state index >= 15 is 0 Å². The predicted octanol–water partition coefficient (Wildman–Crippen LogP) is 4.47. The van der Waals surface area contributed by atoms with E-state index in [0.717, 1.165) is 11.3 Å². The van der Waals surface area contributed by atoms with Gasteiger partial charge in [0, 0.05) is 6.54 Å². The summed E-state index contributed by atoms with van der Waals surface area (Å²) in [6, 6.07) is 15.6. The zero-order valence-corrected chi connectivity index (χ0v) is 16.3. The van der Waals surface area contributed by atoms with Crippen LogP contribution in [0.3, 0.4) is 0 Å². The van der Waals surface area contributed by atoms with Gasteiger partial charge in [0.25, 0.3) is 5.91 Å². The summed E-state index contributed by atoms with van der Waals surface area (Å²) in [6.45, 7) is 11.3. The third kappa shape index (κ3) is 5.80. The minimum atomic E-state index is -0.557. The van der Waals surface area contributed by atoms with E-state index < -0.39 is 6.10 Å². The fraction of sp³-hybridized carbons (Fsp3) is 0.409. The summed E-state index contributed by atoms with van der Waals surface area (Å²) in [7, 11) is 0. The predicted molar refractivity (Wildman–Crippen MR) is 105 cm³/mol. The summed E-state index contributed by atoms with van der Waals surface area (Å²) in [5.74, 6) is 1.39. The van der Waals surface area contributed by atoms with Gasteiger partial charge >= 0.3 is 0 Å². The molecule has 4 heteroatoms. The maximum absolute atomic E-state index is 12.3. The van der Waals surface area contributed by atoms with Gasteiger partial charge in [0.1, 0.15) is 11.5 Å². The first-order valence-corrected chi connectivity index (χ1v) is 9.06. The van der Waals surface area contributed by atoms with Crippen LogP contribution in [-0.4, -0.2) is 18.6 Å². The first-order chi connectivity index (χ1) is 12.3. The number of benzene rings is 2. The van der Waals surface area contributed by atoms with E-state index in [2.05, 4.69) is 26.1 Å². The van der Waals surface area contributed by atoms with Crippen molar-refractivity contribution < 1.29 is 14.3 Å². The number of rotatable bonds is 7. The molecule has 1 N–H and O–H groups in total. The van der Waals surface area contributed by atoms with Gasteiger partial charge in [0.15, 0.2) is 6.10 Å². The molecule has 2 aromatic rings. The van der Waals surface area contributed by atoms with Gasteiger partial charge in [-0.25, -0.2) is 0 Å². The molecule has 0 spiro atoms. The number of ether oxygens (including phenoxy) is 2. The number of nitrogens with one attached hydrogen (secondary N) is 1. The standard InChI is InChI=1S/C22H29NO3/c1-6-25-19-11-7-17(8-12-19)15-23-21(24)16(2)26-20-13-9-18(10-14-20)22(3,4)5/h7-14,16H,6,15H2,1-5H3,(H,23,24)/t16-/m0/s1. The Bertz CT molecular complexity index is 700. The largest absolute Gasteiger partial charge is 0.494 e. The van der Waals surface area contributed by atoms with E-state index in [1.54, 1.807) is 6.92 Å². The highest BCUT2D eigenvalue weighted by atomic mass is 16.5. The molecule has 0 bridgehead atoms. The van der Waals surface area contributed by atoms with Gasteiger partial charge < -0.3 is 14.8 Å². The molecule has 0 radical (unpaired) electrons. The summed E-state index contributed by atoms with van der Waals surface area (Å²) in [6.07, 6.45) is -0.557. The molecule has 2 aromatic carbocycles. The normalized spacial score (nSPS) is 12.3. The maximum Gasteiger partial charge on any atom is 0.261 e. The molecule has 0 aromatic heterocycles. The van der Waals surface area contributed by atoms with E-state index in [1.165, 1.54) is 5.56 Å². The number of hydrogen-bond acceptors (Lipinski definition) is 3. The fourth-order valence-electron chi connectivity index (χ4n) is 2.49. The van der Waals surface area contributed by atoms with E-state index in [0.29, 0.717) is 18.9 Å². The molecule has 1 atom stereocenters. The highest BCUT2D eigenvalue weighted by Gasteiger charge is 2.16. The smallest absolute Gasteiger partial charge is 0.261 e. The van der Waals surface area contributed by atoms with Crippen LogP contribution in [0, 0.1) is 0 Å². The van der Waals surface area contributed by atoms with Crippen molar-refractivity contribution in [3.63, 3.8) is 0 Å². The lowest BCUT2D eigenvalue weighted by Gasteiger charge is -2.20. The maximum atomic E-state index is 12.3. The second-order valence-corrected chi connectivity index (χ2v) is 7.33. The first-order valence-electron chi connectivity index (χ1n) is 9.06. The lowest BCUT2D eigenvalue weighted by Crippen LogP contribution is -2.35. The molecule has 0 unspecified atom stereocenters. The van der Waals surface area contributed by atoms with Crippen LogP contribution >= 0.6 is 0 Å². The number of amides is 1. The van der Waals surface area contributed by atoms with Crippen molar-refractivity contribution in [2.45, 2.75) is 52.7 Å². The summed E-state index contributed by atoms with van der Waals surface area (Å²) < 4.78 is 11.2. The molecule has 0 saturated heterocycles. The summed E-state index contributed by atoms with van der Waals surface area (Å²) in [5.41, 5.74) is 2.35. The number of carbonyl (C=O) groups excluding carboxylic acids is 1. The quantitative estimate of drug-likeness (QED) is 0.797. The third-order valence-corrected chi connectivity index (χ3v) is 4.10. The molecule has 0 fully saturated rings. The van der Waals surface area contributed by atoms with Gasteiger partial charge in [-0.1, -0.05) is 45.0 Å². The highest BCUT2D eigenvalue weighted by molar-refractivity contribution is 5.80. The van der Waals surface area contributed by atoms with Crippen LogP contribution in [0.25, 0.3) is 0 Å². The Morgan fingerprint density at radius 1 is 1.00 bits per heavy atom. The molecule has 140 valence electrons. The van der Waals surface area contributed by atoms with Crippen molar-refractivity contribution in [2.24, 2.45) is 0 Å². The Hall–Kier alpha value is -2.49. The van der Waals surface area contributed by atoms with Gasteiger partial charge in [-0.05, 0) is 54.7 Å². The van der Waals surface area contributed by atoms with Crippen LogP contribution in [0.4, 0.5) is 0 Å². The molecule has 2 rings (SSSR count). The lowest BCUT2D eigenvalue weighted by molar-refractivity contribution is -0.127. The molecule has 0 aliphatic rings. The zero-order chi connectivity index (χ0) is 19.2. The Balaban J connectivity index is 1.85. The van der Waals surface area contributed by atoms with Crippen LogP contribution < -0.4 is 14.8 Å². The minimum Gasteiger partial charge on any atom is -0.494 e. The summed E-state index contributed by atoms with van der Waals surface area (Å²) in [5, 5.41) is 2.90. The molecule has 4 nitrogen and oxygen atoms in total. The Morgan fingerprint density at radius 3 is 2.12 bits per heavy atom. The highest BCUT2D eigenvalue weighted by Crippen LogP contribution is 2.24. The van der Waals surface area contributed by atoms with Crippen molar-refractivity contribution in [3.8, 4) is 11.5 Å². The van der Waals surface area contributed by atoms with E-state index in [4.69, 9.17) is 9.47 Å². The van der Waals surface area contributed by atoms with Crippen molar-refractivity contribution in [1.82, 2.24) is 5.32 Å². The van der Waals surface area contributed by atoms with Crippen molar-refractivity contribution in [3.05, 3.63) is 59.7 Å². The number of hydrogen-bond donors (Lipinski definition) is 1. The molecule has 1 amide bonds. The minimum absolute atomic E-state index is 0.0965. The lowest BCUT2D eigenvalue weighted by atomic mass is 9.87. The second kappa shape index (κ2) is 8.75. The summed E-state index contributed by atoms with van der Waals surface area (Å²) >= 11 is 0. The number of carbonyl (C=O) groups is 1. The SMILES string of the molecule is CCOc1ccc(CNC(=O)[C@H](C)Oc2ccc(C(C)(C)C)cc2)cc1. The van der Waals surface area contributed by atoms with E-state index in [-0.39, 0.29) is 11.3 Å². The van der Waals surface area contributed by atoms with Crippen LogP contribution in [0.15, 0.2) is 48.5 Å². The Kier molecular flexibility index (Phi) is 6.67. The zero-order valence-electron chi connectivity index (χ0n) is 16.3. The van der Waals surface area contributed by atoms with E-state index in [9.17, 15) is 4.79 Å². The van der Waals surface area contributed by atoms with Crippen LogP contribution in [-0.2, 0) is 16.8 Å². The van der Waals surface area contributed by atoms with Gasteiger partial charge in [0.05, 0.1) is 6.61 Å². The van der Waals surface area contributed by atoms with E-state index in [1.807, 2.05) is 55.5 Å². The first kappa shape index (κ1) is 19.8. The van der Waals surface area contributed by atoms with Crippen molar-refractivity contribution in [1.29, 1.82) is 0 Å². The Morgan fingerprint density at radius 2 is 1.58 bits per heavy atom. The van der Waals surface area contributed by atoms with Crippen molar-refractivity contribution in [2.75, 3.05) is 6.61 Å². The molecule has 0 heterocycles.